The third-order valence-corrected chi connectivity index (χ3v) is 13.6. The largest absolute Gasteiger partial charge is 0.494 e. The Morgan fingerprint density at radius 3 is 2.44 bits per heavy atom. The van der Waals surface area contributed by atoms with Gasteiger partial charge in [0.05, 0.1) is 31.2 Å². The van der Waals surface area contributed by atoms with Gasteiger partial charge in [-0.1, -0.05) is 29.8 Å². The van der Waals surface area contributed by atoms with Crippen molar-refractivity contribution in [2.75, 3.05) is 75.2 Å². The lowest BCUT2D eigenvalue weighted by atomic mass is 10.0. The molecule has 1 unspecified atom stereocenters. The zero-order chi connectivity index (χ0) is 41.4. The van der Waals surface area contributed by atoms with Gasteiger partial charge in [0.1, 0.15) is 29.8 Å². The molecule has 0 aliphatic carbocycles. The smallest absolute Gasteiger partial charge is 0.255 e. The second-order valence-electron chi connectivity index (χ2n) is 15.9. The summed E-state index contributed by atoms with van der Waals surface area (Å²) in [6.45, 7) is 9.12. The van der Waals surface area contributed by atoms with Gasteiger partial charge in [-0.05, 0) is 62.9 Å². The van der Waals surface area contributed by atoms with E-state index < -0.39 is 19.1 Å². The summed E-state index contributed by atoms with van der Waals surface area (Å²) in [6.07, 6.45) is 3.95. The molecule has 0 spiro atoms. The van der Waals surface area contributed by atoms with Crippen molar-refractivity contribution >= 4 is 70.6 Å². The standard InChI is InChI=1S/C42H48ClFN9O5P/c1-58-35-22-28(9-11-32(35)47-42-45-23-31(43)39(49-42)46-33-6-4-5-7-36(33)59(2,3)57)51-16-14-27(15-17-51)52-20-18-50(19-21-52)24-26-8-10-29-30(38(26)44)25-53(41(29)56)34-12-13-37(54)48-40(34)55/h4-11,22-23,27,34H,12-21,24-25H2,1-3H3,(H,48,54,55)(H2,45,46,47,49). The average molecular weight is 844 g/mol. The summed E-state index contributed by atoms with van der Waals surface area (Å²) in [5.41, 5.74) is 3.60. The molecule has 3 saturated heterocycles. The molecule has 0 saturated carbocycles. The van der Waals surface area contributed by atoms with Crippen molar-refractivity contribution in [1.82, 2.24) is 30.0 Å². The Balaban J connectivity index is 0.835. The number of benzene rings is 3. The van der Waals surface area contributed by atoms with Crippen molar-refractivity contribution in [1.29, 1.82) is 0 Å². The molecule has 8 rings (SSSR count). The van der Waals surface area contributed by atoms with Gasteiger partial charge in [0.25, 0.3) is 5.91 Å². The van der Waals surface area contributed by atoms with Gasteiger partial charge in [-0.15, -0.1) is 0 Å². The number of nitrogens with one attached hydrogen (secondary N) is 3. The molecule has 4 aliphatic heterocycles. The number of piperidine rings is 2. The van der Waals surface area contributed by atoms with Crippen molar-refractivity contribution in [2.24, 2.45) is 0 Å². The summed E-state index contributed by atoms with van der Waals surface area (Å²) in [6, 6.07) is 16.5. The van der Waals surface area contributed by atoms with Crippen LogP contribution in [0.15, 0.2) is 60.8 Å². The minimum Gasteiger partial charge on any atom is -0.494 e. The maximum absolute atomic E-state index is 15.8. The van der Waals surface area contributed by atoms with Crippen molar-refractivity contribution in [3.05, 3.63) is 88.3 Å². The van der Waals surface area contributed by atoms with E-state index in [0.29, 0.717) is 68.5 Å². The third kappa shape index (κ3) is 8.65. The topological polar surface area (TPSA) is 152 Å². The predicted molar refractivity (Wildman–Crippen MR) is 227 cm³/mol. The molecular formula is C42H48ClFN9O5P. The highest BCUT2D eigenvalue weighted by Crippen LogP contribution is 2.39. The van der Waals surface area contributed by atoms with Gasteiger partial charge in [-0.3, -0.25) is 29.5 Å². The van der Waals surface area contributed by atoms with Crippen molar-refractivity contribution in [3.8, 4) is 5.75 Å². The minimum atomic E-state index is -2.56. The van der Waals surface area contributed by atoms with E-state index in [1.54, 1.807) is 32.6 Å². The maximum Gasteiger partial charge on any atom is 0.255 e. The minimum absolute atomic E-state index is 0.0268. The Kier molecular flexibility index (Phi) is 11.6. The first-order valence-electron chi connectivity index (χ1n) is 19.9. The van der Waals surface area contributed by atoms with Crippen molar-refractivity contribution in [3.63, 3.8) is 0 Å². The first-order chi connectivity index (χ1) is 28.4. The lowest BCUT2D eigenvalue weighted by molar-refractivity contribution is -0.136. The molecule has 14 nitrogen and oxygen atoms in total. The van der Waals surface area contributed by atoms with Crippen molar-refractivity contribution in [2.45, 2.75) is 50.9 Å². The molecular weight excluding hydrogens is 796 g/mol. The number of nitrogens with zero attached hydrogens (tertiary/aromatic N) is 6. The van der Waals surface area contributed by atoms with Crippen LogP contribution in [0, 0.1) is 5.82 Å². The maximum atomic E-state index is 15.8. The Labute approximate surface area is 347 Å². The second-order valence-corrected chi connectivity index (χ2v) is 19.5. The van der Waals surface area contributed by atoms with Crippen LogP contribution in [0.2, 0.25) is 5.02 Å². The molecule has 3 fully saturated rings. The van der Waals surface area contributed by atoms with E-state index >= 15 is 4.39 Å². The van der Waals surface area contributed by atoms with Gasteiger partial charge in [0.15, 0.2) is 5.82 Å². The fourth-order valence-electron chi connectivity index (χ4n) is 8.58. The number of halogens is 2. The molecule has 1 atom stereocenters. The highest BCUT2D eigenvalue weighted by atomic mass is 35.5. The molecule has 17 heteroatoms. The SMILES string of the molecule is COc1cc(N2CCC(N3CCN(Cc4ccc5c(c4F)CN(C4CCC(=O)NC4=O)C5=O)CC3)CC2)ccc1Nc1ncc(Cl)c(Nc2ccccc2P(C)(C)=O)n1. The Morgan fingerprint density at radius 1 is 0.949 bits per heavy atom. The second kappa shape index (κ2) is 16.9. The van der Waals surface area contributed by atoms with Crippen LogP contribution in [-0.2, 0) is 27.2 Å². The van der Waals surface area contributed by atoms with E-state index in [2.05, 4.69) is 46.7 Å². The number of anilines is 5. The lowest BCUT2D eigenvalue weighted by Crippen LogP contribution is -2.53. The molecule has 4 aliphatic rings. The van der Waals surface area contributed by atoms with Gasteiger partial charge >= 0.3 is 0 Å². The van der Waals surface area contributed by atoms with E-state index in [0.717, 1.165) is 57.8 Å². The average Bonchev–Trinajstić information content (AvgIpc) is 3.56. The number of hydrogen-bond donors (Lipinski definition) is 3. The molecule has 5 heterocycles. The number of rotatable bonds is 11. The van der Waals surface area contributed by atoms with Gasteiger partial charge in [-0.2, -0.15) is 4.98 Å². The number of carbonyl (C=O) groups excluding carboxylic acids is 3. The van der Waals surface area contributed by atoms with Crippen LogP contribution < -0.4 is 30.9 Å². The van der Waals surface area contributed by atoms with Crippen LogP contribution in [0.5, 0.6) is 5.75 Å². The normalized spacial score (nSPS) is 19.5. The summed E-state index contributed by atoms with van der Waals surface area (Å²) < 4.78 is 34.5. The highest BCUT2D eigenvalue weighted by molar-refractivity contribution is 7.70. The Morgan fingerprint density at radius 2 is 1.71 bits per heavy atom. The number of hydrogen-bond acceptors (Lipinski definition) is 12. The van der Waals surface area contributed by atoms with Crippen LogP contribution in [0.1, 0.15) is 47.2 Å². The molecule has 310 valence electrons. The fraction of sp³-hybridized carbons (Fsp3) is 0.405. The zero-order valence-corrected chi connectivity index (χ0v) is 35.0. The Hall–Kier alpha value is -5.08. The van der Waals surface area contributed by atoms with E-state index in [1.165, 1.54) is 11.1 Å². The van der Waals surface area contributed by atoms with Crippen molar-refractivity contribution < 1.29 is 28.1 Å². The monoisotopic (exact) mass is 843 g/mol. The fourth-order valence-corrected chi connectivity index (χ4v) is 9.88. The van der Waals surface area contributed by atoms with Gasteiger partial charge in [0, 0.05) is 92.0 Å². The van der Waals surface area contributed by atoms with E-state index in [-0.39, 0.29) is 37.0 Å². The van der Waals surface area contributed by atoms with Gasteiger partial charge in [-0.25, -0.2) is 9.37 Å². The lowest BCUT2D eigenvalue weighted by Gasteiger charge is -2.43. The van der Waals surface area contributed by atoms with E-state index in [4.69, 9.17) is 16.3 Å². The molecule has 3 amide bonds. The molecule has 1 aromatic heterocycles. The van der Waals surface area contributed by atoms with Crippen LogP contribution in [0.25, 0.3) is 0 Å². The summed E-state index contributed by atoms with van der Waals surface area (Å²) in [7, 11) is -0.926. The van der Waals surface area contributed by atoms with Crippen LogP contribution in [0.4, 0.5) is 33.2 Å². The summed E-state index contributed by atoms with van der Waals surface area (Å²) >= 11 is 6.47. The predicted octanol–water partition coefficient (Wildman–Crippen LogP) is 5.56. The van der Waals surface area contributed by atoms with E-state index in [9.17, 15) is 18.9 Å². The first-order valence-corrected chi connectivity index (χ1v) is 22.9. The number of amides is 3. The molecule has 4 aromatic rings. The number of fused-ring (bicyclic) bond motifs is 1. The summed E-state index contributed by atoms with van der Waals surface area (Å²) in [5.74, 6) is -0.249. The third-order valence-electron chi connectivity index (χ3n) is 11.8. The van der Waals surface area contributed by atoms with Crippen LogP contribution in [0.3, 0.4) is 0 Å². The number of carbonyl (C=O) groups is 3. The molecule has 3 N–H and O–H groups in total. The molecule has 3 aromatic carbocycles. The van der Waals surface area contributed by atoms with E-state index in [1.807, 2.05) is 36.4 Å². The number of methoxy groups -OCH3 is 1. The summed E-state index contributed by atoms with van der Waals surface area (Å²) in [4.78, 5) is 54.7. The number of ether oxygens (including phenoxy) is 1. The Bertz CT molecular complexity index is 2330. The number of para-hydroxylation sites is 1. The molecule has 59 heavy (non-hydrogen) atoms. The first kappa shape index (κ1) is 40.7. The van der Waals surface area contributed by atoms with Crippen LogP contribution >= 0.6 is 18.7 Å². The van der Waals surface area contributed by atoms with Gasteiger partial charge in [0.2, 0.25) is 17.8 Å². The number of imide groups is 1. The molecule has 0 bridgehead atoms. The highest BCUT2D eigenvalue weighted by Gasteiger charge is 2.40. The van der Waals surface area contributed by atoms with Gasteiger partial charge < -0.3 is 29.7 Å². The number of piperazine rings is 1. The number of aromatic nitrogens is 2. The van der Waals surface area contributed by atoms with Crippen LogP contribution in [-0.4, -0.2) is 114 Å². The summed E-state index contributed by atoms with van der Waals surface area (Å²) in [5, 5.41) is 9.83. The quantitative estimate of drug-likeness (QED) is 0.128. The zero-order valence-electron chi connectivity index (χ0n) is 33.3. The molecule has 0 radical (unpaired) electrons.